The summed E-state index contributed by atoms with van der Waals surface area (Å²) in [5.41, 5.74) is 0.417. The molecule has 1 heterocycles. The summed E-state index contributed by atoms with van der Waals surface area (Å²) in [6.45, 7) is 5.11. The Kier molecular flexibility index (Phi) is 4.47. The van der Waals surface area contributed by atoms with Gasteiger partial charge in [0, 0.05) is 6.04 Å². The van der Waals surface area contributed by atoms with Crippen LogP contribution in [0.1, 0.15) is 26.0 Å². The standard InChI is InChI=1S/C10H17N3O4S/c1-6(2)8(4-10(14)15)13-18(16,17)9-5-11-12-7(9)3/h5-6,8,13H,4H2,1-3H3,(H,11,12)(H,14,15). The zero-order valence-electron chi connectivity index (χ0n) is 10.5. The lowest BCUT2D eigenvalue weighted by Gasteiger charge is -2.20. The van der Waals surface area contributed by atoms with Gasteiger partial charge >= 0.3 is 5.97 Å². The summed E-state index contributed by atoms with van der Waals surface area (Å²) in [5, 5.41) is 14.9. The molecule has 0 aliphatic heterocycles. The fourth-order valence-corrected chi connectivity index (χ4v) is 3.00. The number of H-pyrrole nitrogens is 1. The van der Waals surface area contributed by atoms with Crippen LogP contribution in [-0.2, 0) is 14.8 Å². The molecular weight excluding hydrogens is 258 g/mol. The Morgan fingerprint density at radius 3 is 2.56 bits per heavy atom. The van der Waals surface area contributed by atoms with E-state index in [2.05, 4.69) is 14.9 Å². The highest BCUT2D eigenvalue weighted by Crippen LogP contribution is 2.15. The molecule has 18 heavy (non-hydrogen) atoms. The summed E-state index contributed by atoms with van der Waals surface area (Å²) in [7, 11) is -3.74. The number of nitrogens with one attached hydrogen (secondary N) is 2. The Balaban J connectivity index is 2.93. The topological polar surface area (TPSA) is 112 Å². The van der Waals surface area contributed by atoms with Crippen molar-refractivity contribution in [2.45, 2.75) is 38.1 Å². The van der Waals surface area contributed by atoms with Gasteiger partial charge in [-0.2, -0.15) is 5.10 Å². The van der Waals surface area contributed by atoms with Crippen LogP contribution in [-0.4, -0.2) is 35.7 Å². The van der Waals surface area contributed by atoms with E-state index in [-0.39, 0.29) is 17.2 Å². The maximum absolute atomic E-state index is 12.0. The first-order valence-corrected chi connectivity index (χ1v) is 6.96. The van der Waals surface area contributed by atoms with Gasteiger partial charge in [-0.15, -0.1) is 0 Å². The van der Waals surface area contributed by atoms with Gasteiger partial charge in [0.15, 0.2) is 0 Å². The van der Waals surface area contributed by atoms with E-state index in [0.717, 1.165) is 0 Å². The minimum absolute atomic E-state index is 0.0403. The molecule has 0 saturated heterocycles. The normalized spacial score (nSPS) is 13.8. The highest BCUT2D eigenvalue weighted by atomic mass is 32.2. The molecule has 1 aromatic heterocycles. The smallest absolute Gasteiger partial charge is 0.304 e. The molecule has 0 saturated carbocycles. The number of nitrogens with zero attached hydrogens (tertiary/aromatic N) is 1. The van der Waals surface area contributed by atoms with Crippen molar-refractivity contribution in [3.8, 4) is 0 Å². The lowest BCUT2D eigenvalue weighted by molar-refractivity contribution is -0.137. The maximum atomic E-state index is 12.0. The lowest BCUT2D eigenvalue weighted by atomic mass is 10.0. The van der Waals surface area contributed by atoms with E-state index in [0.29, 0.717) is 5.69 Å². The van der Waals surface area contributed by atoms with Gasteiger partial charge in [-0.3, -0.25) is 9.89 Å². The summed E-state index contributed by atoms with van der Waals surface area (Å²) in [6.07, 6.45) is 0.948. The van der Waals surface area contributed by atoms with Gasteiger partial charge in [0.2, 0.25) is 10.0 Å². The monoisotopic (exact) mass is 275 g/mol. The van der Waals surface area contributed by atoms with E-state index in [1.807, 2.05) is 0 Å². The second-order valence-corrected chi connectivity index (χ2v) is 6.11. The molecule has 8 heteroatoms. The predicted molar refractivity (Wildman–Crippen MR) is 64.5 cm³/mol. The van der Waals surface area contributed by atoms with Crippen LogP contribution in [0.4, 0.5) is 0 Å². The van der Waals surface area contributed by atoms with Crippen molar-refractivity contribution in [1.82, 2.24) is 14.9 Å². The van der Waals surface area contributed by atoms with Crippen LogP contribution in [0.15, 0.2) is 11.1 Å². The molecule has 1 unspecified atom stereocenters. The van der Waals surface area contributed by atoms with Crippen LogP contribution < -0.4 is 4.72 Å². The largest absolute Gasteiger partial charge is 0.481 e. The zero-order valence-corrected chi connectivity index (χ0v) is 11.3. The van der Waals surface area contributed by atoms with Gasteiger partial charge in [0.1, 0.15) is 4.90 Å². The number of aromatic nitrogens is 2. The molecule has 0 fully saturated rings. The highest BCUT2D eigenvalue weighted by molar-refractivity contribution is 7.89. The Labute approximate surface area is 106 Å². The number of aliphatic carboxylic acids is 1. The molecule has 3 N–H and O–H groups in total. The van der Waals surface area contributed by atoms with Crippen molar-refractivity contribution in [3.05, 3.63) is 11.9 Å². The van der Waals surface area contributed by atoms with E-state index < -0.39 is 22.0 Å². The van der Waals surface area contributed by atoms with E-state index in [4.69, 9.17) is 5.11 Å². The van der Waals surface area contributed by atoms with Gasteiger partial charge in [0.25, 0.3) is 0 Å². The number of carboxylic acids is 1. The van der Waals surface area contributed by atoms with Crippen molar-refractivity contribution in [1.29, 1.82) is 0 Å². The highest BCUT2D eigenvalue weighted by Gasteiger charge is 2.26. The third-order valence-electron chi connectivity index (χ3n) is 2.58. The Bertz CT molecular complexity index is 521. The third-order valence-corrected chi connectivity index (χ3v) is 4.18. The molecule has 0 radical (unpaired) electrons. The number of carboxylic acid groups (broad SMARTS) is 1. The molecule has 1 atom stereocenters. The summed E-state index contributed by atoms with van der Waals surface area (Å²) >= 11 is 0. The molecule has 0 aromatic carbocycles. The number of hydrogen-bond acceptors (Lipinski definition) is 4. The molecule has 0 spiro atoms. The first kappa shape index (κ1) is 14.7. The molecule has 1 rings (SSSR count). The first-order chi connectivity index (χ1) is 8.24. The van der Waals surface area contributed by atoms with E-state index in [1.165, 1.54) is 6.20 Å². The predicted octanol–water partition coefficient (Wildman–Crippen LogP) is 0.496. The van der Waals surface area contributed by atoms with E-state index in [1.54, 1.807) is 20.8 Å². The molecule has 0 bridgehead atoms. The van der Waals surface area contributed by atoms with Crippen molar-refractivity contribution in [2.75, 3.05) is 0 Å². The number of aromatic amines is 1. The van der Waals surface area contributed by atoms with Crippen molar-refractivity contribution < 1.29 is 18.3 Å². The molecule has 0 aliphatic carbocycles. The average molecular weight is 275 g/mol. The van der Waals surface area contributed by atoms with Crippen LogP contribution in [0.25, 0.3) is 0 Å². The zero-order chi connectivity index (χ0) is 13.9. The van der Waals surface area contributed by atoms with Gasteiger partial charge in [-0.05, 0) is 12.8 Å². The Morgan fingerprint density at radius 2 is 2.17 bits per heavy atom. The molecular formula is C10H17N3O4S. The average Bonchev–Trinajstić information content (AvgIpc) is 2.62. The number of carbonyl (C=O) groups is 1. The number of hydrogen-bond donors (Lipinski definition) is 3. The van der Waals surface area contributed by atoms with Gasteiger partial charge in [-0.1, -0.05) is 13.8 Å². The second kappa shape index (κ2) is 5.49. The van der Waals surface area contributed by atoms with Crippen molar-refractivity contribution in [2.24, 2.45) is 5.92 Å². The van der Waals surface area contributed by atoms with Gasteiger partial charge in [0.05, 0.1) is 18.3 Å². The molecule has 7 nitrogen and oxygen atoms in total. The van der Waals surface area contributed by atoms with Gasteiger partial charge in [-0.25, -0.2) is 13.1 Å². The Morgan fingerprint density at radius 1 is 1.56 bits per heavy atom. The van der Waals surface area contributed by atoms with Crippen LogP contribution in [0.2, 0.25) is 0 Å². The number of aryl methyl sites for hydroxylation is 1. The fraction of sp³-hybridized carbons (Fsp3) is 0.600. The molecule has 0 aliphatic rings. The lowest BCUT2D eigenvalue weighted by Crippen LogP contribution is -2.40. The van der Waals surface area contributed by atoms with E-state index >= 15 is 0 Å². The minimum atomic E-state index is -3.74. The van der Waals surface area contributed by atoms with Crippen molar-refractivity contribution in [3.63, 3.8) is 0 Å². The SMILES string of the molecule is Cc1[nH]ncc1S(=O)(=O)NC(CC(=O)O)C(C)C. The summed E-state index contributed by atoms with van der Waals surface area (Å²) in [5.74, 6) is -1.16. The van der Waals surface area contributed by atoms with Crippen LogP contribution in [0.5, 0.6) is 0 Å². The Hall–Kier alpha value is -1.41. The molecule has 1 aromatic rings. The first-order valence-electron chi connectivity index (χ1n) is 5.48. The second-order valence-electron chi connectivity index (χ2n) is 4.43. The van der Waals surface area contributed by atoms with Crippen LogP contribution in [0.3, 0.4) is 0 Å². The molecule has 0 amide bonds. The maximum Gasteiger partial charge on any atom is 0.304 e. The van der Waals surface area contributed by atoms with E-state index in [9.17, 15) is 13.2 Å². The summed E-state index contributed by atoms with van der Waals surface area (Å²) in [6, 6.07) is -0.651. The summed E-state index contributed by atoms with van der Waals surface area (Å²) in [4.78, 5) is 10.7. The fourth-order valence-electron chi connectivity index (χ4n) is 1.47. The number of rotatable bonds is 6. The van der Waals surface area contributed by atoms with Gasteiger partial charge < -0.3 is 5.11 Å². The van der Waals surface area contributed by atoms with Crippen LogP contribution >= 0.6 is 0 Å². The summed E-state index contributed by atoms with van der Waals surface area (Å²) < 4.78 is 26.5. The quantitative estimate of drug-likeness (QED) is 0.699. The minimum Gasteiger partial charge on any atom is -0.481 e. The molecule has 102 valence electrons. The third kappa shape index (κ3) is 3.54. The van der Waals surface area contributed by atoms with Crippen LogP contribution in [0, 0.1) is 12.8 Å². The number of sulfonamides is 1. The van der Waals surface area contributed by atoms with Crippen molar-refractivity contribution >= 4 is 16.0 Å².